The molecule has 24 heavy (non-hydrogen) atoms. The van der Waals surface area contributed by atoms with Crippen LogP contribution in [-0.2, 0) is 6.61 Å². The third kappa shape index (κ3) is 3.40. The zero-order valence-corrected chi connectivity index (χ0v) is 13.7. The summed E-state index contributed by atoms with van der Waals surface area (Å²) in [6.45, 7) is 4.12. The van der Waals surface area contributed by atoms with E-state index in [2.05, 4.69) is 0 Å². The Morgan fingerprint density at radius 2 is 1.92 bits per heavy atom. The van der Waals surface area contributed by atoms with Gasteiger partial charge in [-0.3, -0.25) is 9.59 Å². The molecule has 0 saturated carbocycles. The van der Waals surface area contributed by atoms with Crippen molar-refractivity contribution in [2.45, 2.75) is 32.5 Å². The number of hydrogen-bond acceptors (Lipinski definition) is 4. The fraction of sp³-hybridized carbons (Fsp3) is 0.263. The van der Waals surface area contributed by atoms with Gasteiger partial charge in [0.05, 0.1) is 12.0 Å². The SMILES string of the molecule is CC1(C)CC(=O)c2ccc(OCc3ccc(C(N)=O)cc3)cc2O1. The Bertz CT molecular complexity index is 794. The van der Waals surface area contributed by atoms with Crippen molar-refractivity contribution < 1.29 is 19.1 Å². The van der Waals surface area contributed by atoms with Gasteiger partial charge in [-0.2, -0.15) is 0 Å². The maximum atomic E-state index is 12.1. The summed E-state index contributed by atoms with van der Waals surface area (Å²) in [5, 5.41) is 0. The summed E-state index contributed by atoms with van der Waals surface area (Å²) in [6, 6.07) is 12.2. The highest BCUT2D eigenvalue weighted by Gasteiger charge is 2.32. The fourth-order valence-electron chi connectivity index (χ4n) is 2.65. The molecule has 2 N–H and O–H groups in total. The molecule has 124 valence electrons. The van der Waals surface area contributed by atoms with Gasteiger partial charge in [0.25, 0.3) is 0 Å². The van der Waals surface area contributed by atoms with Gasteiger partial charge in [-0.15, -0.1) is 0 Å². The number of rotatable bonds is 4. The summed E-state index contributed by atoms with van der Waals surface area (Å²) in [6.07, 6.45) is 0.367. The molecule has 1 aliphatic rings. The van der Waals surface area contributed by atoms with Gasteiger partial charge in [0.1, 0.15) is 23.7 Å². The van der Waals surface area contributed by atoms with Crippen LogP contribution in [0.4, 0.5) is 0 Å². The van der Waals surface area contributed by atoms with Crippen molar-refractivity contribution in [3.8, 4) is 11.5 Å². The molecule has 1 aliphatic heterocycles. The van der Waals surface area contributed by atoms with Crippen LogP contribution >= 0.6 is 0 Å². The first-order valence-corrected chi connectivity index (χ1v) is 7.72. The van der Waals surface area contributed by atoms with Crippen molar-refractivity contribution in [1.29, 1.82) is 0 Å². The lowest BCUT2D eigenvalue weighted by Gasteiger charge is -2.31. The van der Waals surface area contributed by atoms with Crippen LogP contribution in [0.1, 0.15) is 46.5 Å². The average molecular weight is 325 g/mol. The molecule has 1 heterocycles. The maximum Gasteiger partial charge on any atom is 0.248 e. The standard InChI is InChI=1S/C19H19NO4/c1-19(2)10-16(21)15-8-7-14(9-17(15)24-19)23-11-12-3-5-13(6-4-12)18(20)22/h3-9H,10-11H2,1-2H3,(H2,20,22). The highest BCUT2D eigenvalue weighted by atomic mass is 16.5. The lowest BCUT2D eigenvalue weighted by atomic mass is 9.93. The van der Waals surface area contributed by atoms with E-state index in [0.717, 1.165) is 5.56 Å². The third-order valence-electron chi connectivity index (χ3n) is 3.87. The van der Waals surface area contributed by atoms with Crippen LogP contribution in [-0.4, -0.2) is 17.3 Å². The predicted octanol–water partition coefficient (Wildman–Crippen LogP) is 3.11. The van der Waals surface area contributed by atoms with Crippen LogP contribution in [0.25, 0.3) is 0 Å². The molecule has 5 heteroatoms. The van der Waals surface area contributed by atoms with Gasteiger partial charge in [0.15, 0.2) is 5.78 Å². The number of ether oxygens (including phenoxy) is 2. The first-order valence-electron chi connectivity index (χ1n) is 7.72. The molecule has 2 aromatic carbocycles. The van der Waals surface area contributed by atoms with E-state index < -0.39 is 11.5 Å². The Kier molecular flexibility index (Phi) is 4.01. The van der Waals surface area contributed by atoms with E-state index in [-0.39, 0.29) is 5.78 Å². The van der Waals surface area contributed by atoms with Crippen molar-refractivity contribution in [1.82, 2.24) is 0 Å². The van der Waals surface area contributed by atoms with Crippen LogP contribution in [0, 0.1) is 0 Å². The summed E-state index contributed by atoms with van der Waals surface area (Å²) in [5.41, 5.74) is 6.67. The number of nitrogens with two attached hydrogens (primary N) is 1. The molecule has 2 aromatic rings. The first kappa shape index (κ1) is 16.1. The van der Waals surface area contributed by atoms with Crippen LogP contribution in [0.2, 0.25) is 0 Å². The van der Waals surface area contributed by atoms with Gasteiger partial charge in [-0.05, 0) is 43.7 Å². The molecule has 0 unspecified atom stereocenters. The lowest BCUT2D eigenvalue weighted by molar-refractivity contribution is 0.0618. The minimum atomic E-state index is -0.507. The highest BCUT2D eigenvalue weighted by molar-refractivity contribution is 6.00. The zero-order valence-electron chi connectivity index (χ0n) is 13.7. The molecule has 3 rings (SSSR count). The highest BCUT2D eigenvalue weighted by Crippen LogP contribution is 2.35. The van der Waals surface area contributed by atoms with E-state index in [1.54, 1.807) is 42.5 Å². The van der Waals surface area contributed by atoms with Crippen LogP contribution < -0.4 is 15.2 Å². The summed E-state index contributed by atoms with van der Waals surface area (Å²) in [5.74, 6) is 0.799. The minimum Gasteiger partial charge on any atom is -0.489 e. The van der Waals surface area contributed by atoms with Gasteiger partial charge in [-0.1, -0.05) is 12.1 Å². The molecule has 0 atom stereocenters. The smallest absolute Gasteiger partial charge is 0.248 e. The van der Waals surface area contributed by atoms with Gasteiger partial charge in [0, 0.05) is 11.6 Å². The largest absolute Gasteiger partial charge is 0.489 e. The lowest BCUT2D eigenvalue weighted by Crippen LogP contribution is -2.35. The fourth-order valence-corrected chi connectivity index (χ4v) is 2.65. The first-order chi connectivity index (χ1) is 11.3. The number of Topliss-reactive ketones (excluding diaryl/α,β-unsaturated/α-hetero) is 1. The molecular weight excluding hydrogens is 306 g/mol. The van der Waals surface area contributed by atoms with E-state index in [4.69, 9.17) is 15.2 Å². The number of carbonyl (C=O) groups excluding carboxylic acids is 2. The summed E-state index contributed by atoms with van der Waals surface area (Å²) in [7, 11) is 0. The third-order valence-corrected chi connectivity index (χ3v) is 3.87. The molecular formula is C19H19NO4. The Balaban J connectivity index is 1.72. The van der Waals surface area contributed by atoms with Crippen molar-refractivity contribution >= 4 is 11.7 Å². The number of amides is 1. The predicted molar refractivity (Wildman–Crippen MR) is 89.4 cm³/mol. The molecule has 0 radical (unpaired) electrons. The molecule has 1 amide bonds. The second kappa shape index (κ2) is 6.00. The summed E-state index contributed by atoms with van der Waals surface area (Å²) < 4.78 is 11.6. The average Bonchev–Trinajstić information content (AvgIpc) is 2.51. The quantitative estimate of drug-likeness (QED) is 0.937. The minimum absolute atomic E-state index is 0.0786. The van der Waals surface area contributed by atoms with E-state index in [1.807, 2.05) is 13.8 Å². The van der Waals surface area contributed by atoms with Gasteiger partial charge >= 0.3 is 0 Å². The normalized spacial score (nSPS) is 15.3. The summed E-state index contributed by atoms with van der Waals surface area (Å²) >= 11 is 0. The molecule has 0 bridgehead atoms. The van der Waals surface area contributed by atoms with E-state index >= 15 is 0 Å². The number of hydrogen-bond donors (Lipinski definition) is 1. The van der Waals surface area contributed by atoms with E-state index in [0.29, 0.717) is 35.7 Å². The number of fused-ring (bicyclic) bond motifs is 1. The molecule has 0 aliphatic carbocycles. The number of carbonyl (C=O) groups is 2. The number of benzene rings is 2. The Labute approximate surface area is 140 Å². The van der Waals surface area contributed by atoms with Crippen molar-refractivity contribution in [2.75, 3.05) is 0 Å². The van der Waals surface area contributed by atoms with Gasteiger partial charge in [-0.25, -0.2) is 0 Å². The second-order valence-corrected chi connectivity index (χ2v) is 6.47. The van der Waals surface area contributed by atoms with Crippen LogP contribution in [0.15, 0.2) is 42.5 Å². The van der Waals surface area contributed by atoms with E-state index in [1.165, 1.54) is 0 Å². The molecule has 0 saturated heterocycles. The van der Waals surface area contributed by atoms with Crippen LogP contribution in [0.3, 0.4) is 0 Å². The molecule has 0 aromatic heterocycles. The van der Waals surface area contributed by atoms with E-state index in [9.17, 15) is 9.59 Å². The number of ketones is 1. The van der Waals surface area contributed by atoms with Crippen molar-refractivity contribution in [3.63, 3.8) is 0 Å². The Hall–Kier alpha value is -2.82. The van der Waals surface area contributed by atoms with Crippen molar-refractivity contribution in [2.24, 2.45) is 5.73 Å². The molecule has 0 fully saturated rings. The van der Waals surface area contributed by atoms with Gasteiger partial charge < -0.3 is 15.2 Å². The maximum absolute atomic E-state index is 12.1. The Morgan fingerprint density at radius 3 is 2.58 bits per heavy atom. The number of primary amides is 1. The molecule has 5 nitrogen and oxygen atoms in total. The topological polar surface area (TPSA) is 78.6 Å². The zero-order chi connectivity index (χ0) is 17.3. The Morgan fingerprint density at radius 1 is 1.21 bits per heavy atom. The van der Waals surface area contributed by atoms with Gasteiger partial charge in [0.2, 0.25) is 5.91 Å². The second-order valence-electron chi connectivity index (χ2n) is 6.47. The molecule has 0 spiro atoms. The van der Waals surface area contributed by atoms with Crippen LogP contribution in [0.5, 0.6) is 11.5 Å². The van der Waals surface area contributed by atoms with Crippen molar-refractivity contribution in [3.05, 3.63) is 59.2 Å². The summed E-state index contributed by atoms with van der Waals surface area (Å²) in [4.78, 5) is 23.2. The monoisotopic (exact) mass is 325 g/mol.